The molecule has 0 radical (unpaired) electrons. The average Bonchev–Trinajstić information content (AvgIpc) is 3.73. The summed E-state index contributed by atoms with van der Waals surface area (Å²) in [6.07, 6.45) is 9.02. The summed E-state index contributed by atoms with van der Waals surface area (Å²) in [4.78, 5) is 25.3. The van der Waals surface area contributed by atoms with Crippen molar-refractivity contribution < 1.29 is 4.79 Å². The first-order valence-electron chi connectivity index (χ1n) is 17.3. The summed E-state index contributed by atoms with van der Waals surface area (Å²) in [5.74, 6) is 6.72. The van der Waals surface area contributed by atoms with E-state index >= 15 is 0 Å². The van der Waals surface area contributed by atoms with E-state index in [4.69, 9.17) is 0 Å². The number of Topliss-reactive ketones (excluding diaryl/α,β-unsaturated/α-hetero) is 1. The van der Waals surface area contributed by atoms with Crippen LogP contribution in [-0.4, -0.2) is 93.0 Å². The lowest BCUT2D eigenvalue weighted by Crippen LogP contribution is -2.45. The van der Waals surface area contributed by atoms with E-state index < -0.39 is 0 Å². The Kier molecular flexibility index (Phi) is 10.9. The molecule has 1 fully saturated rings. The average molecular weight is 657 g/mol. The highest BCUT2D eigenvalue weighted by Crippen LogP contribution is 2.22. The van der Waals surface area contributed by atoms with Gasteiger partial charge in [-0.3, -0.25) is 18.8 Å². The number of carbonyl (C=O) groups excluding carboxylic acids is 1. The number of hydrogen-bond donors (Lipinski definition) is 1. The van der Waals surface area contributed by atoms with Gasteiger partial charge in [-0.1, -0.05) is 43.2 Å². The van der Waals surface area contributed by atoms with Gasteiger partial charge in [0.05, 0.1) is 23.8 Å². The summed E-state index contributed by atoms with van der Waals surface area (Å²) >= 11 is 0. The van der Waals surface area contributed by atoms with Crippen LogP contribution in [-0.2, 0) is 19.5 Å². The fourth-order valence-corrected chi connectivity index (χ4v) is 6.35. The van der Waals surface area contributed by atoms with Crippen LogP contribution in [0.4, 0.5) is 11.4 Å². The van der Waals surface area contributed by atoms with E-state index in [1.165, 1.54) is 11.1 Å². The summed E-state index contributed by atoms with van der Waals surface area (Å²) < 4.78 is 3.95. The number of nitrogens with one attached hydrogen (secondary N) is 1. The van der Waals surface area contributed by atoms with Crippen molar-refractivity contribution in [2.24, 2.45) is 0 Å². The number of carbonyl (C=O) groups is 1. The second-order valence-electron chi connectivity index (χ2n) is 13.4. The number of piperazine rings is 1. The molecule has 0 amide bonds. The zero-order valence-electron chi connectivity index (χ0n) is 29.5. The minimum atomic E-state index is 0.0948. The van der Waals surface area contributed by atoms with Gasteiger partial charge in [-0.25, -0.2) is 4.98 Å². The monoisotopic (exact) mass is 656 g/mol. The predicted molar refractivity (Wildman–Crippen MR) is 198 cm³/mol. The van der Waals surface area contributed by atoms with Gasteiger partial charge in [0.1, 0.15) is 5.69 Å². The Morgan fingerprint density at radius 1 is 0.959 bits per heavy atom. The lowest BCUT2D eigenvalue weighted by atomic mass is 9.96. The van der Waals surface area contributed by atoms with Crippen LogP contribution in [0.3, 0.4) is 0 Å². The lowest BCUT2D eigenvalue weighted by molar-refractivity contribution is 0.0993. The molecule has 0 bridgehead atoms. The maximum Gasteiger partial charge on any atom is 0.167 e. The molecular weight excluding hydrogens is 608 g/mol. The fourth-order valence-electron chi connectivity index (χ4n) is 6.35. The van der Waals surface area contributed by atoms with Gasteiger partial charge in [0.15, 0.2) is 11.4 Å². The quantitative estimate of drug-likeness (QED) is 0.134. The van der Waals surface area contributed by atoms with Gasteiger partial charge < -0.3 is 15.1 Å². The van der Waals surface area contributed by atoms with E-state index in [0.717, 1.165) is 98.2 Å². The third-order valence-electron chi connectivity index (χ3n) is 9.40. The molecule has 1 N–H and O–H groups in total. The van der Waals surface area contributed by atoms with Crippen molar-refractivity contribution in [1.29, 1.82) is 0 Å². The maximum absolute atomic E-state index is 13.4. The van der Waals surface area contributed by atoms with E-state index in [-0.39, 0.29) is 5.78 Å². The molecule has 49 heavy (non-hydrogen) atoms. The Balaban J connectivity index is 1.11. The molecule has 0 atom stereocenters. The fraction of sp³-hybridized carbons (Fsp3) is 0.375. The zero-order valence-corrected chi connectivity index (χ0v) is 29.5. The molecule has 4 heterocycles. The number of hydrogen-bond acceptors (Lipinski definition) is 7. The van der Waals surface area contributed by atoms with E-state index in [2.05, 4.69) is 88.1 Å². The van der Waals surface area contributed by atoms with E-state index in [1.54, 1.807) is 6.20 Å². The van der Waals surface area contributed by atoms with Crippen molar-refractivity contribution in [2.45, 2.75) is 46.7 Å². The number of fused-ring (bicyclic) bond motifs is 1. The van der Waals surface area contributed by atoms with Crippen molar-refractivity contribution >= 4 is 22.8 Å². The zero-order chi connectivity index (χ0) is 34.3. The second kappa shape index (κ2) is 15.6. The summed E-state index contributed by atoms with van der Waals surface area (Å²) in [7, 11) is 4.16. The number of imidazole rings is 1. The molecule has 1 aliphatic heterocycles. The highest BCUT2D eigenvalue weighted by atomic mass is 16.1. The SMILES string of the molecule is CCN1CCN(Cc2ccc(CC(=O)c3ccc(C)c(C#Cc4cnc5c(Nc6cnn(CCCN(C)C)c6)cccn45)c3)cc2C)CC1. The number of aryl methyl sites for hydroxylation is 3. The van der Waals surface area contributed by atoms with Gasteiger partial charge in [0.2, 0.25) is 0 Å². The van der Waals surface area contributed by atoms with Gasteiger partial charge in [-0.2, -0.15) is 5.10 Å². The second-order valence-corrected chi connectivity index (χ2v) is 13.4. The van der Waals surface area contributed by atoms with Gasteiger partial charge in [0, 0.05) is 69.2 Å². The number of rotatable bonds is 12. The van der Waals surface area contributed by atoms with Gasteiger partial charge in [0.25, 0.3) is 0 Å². The van der Waals surface area contributed by atoms with Crippen LogP contribution < -0.4 is 5.32 Å². The summed E-state index contributed by atoms with van der Waals surface area (Å²) in [5, 5.41) is 7.96. The van der Waals surface area contributed by atoms with Gasteiger partial charge in [-0.05, 0) is 93.8 Å². The van der Waals surface area contributed by atoms with Crippen LogP contribution in [0, 0.1) is 25.7 Å². The number of likely N-dealkylation sites (N-methyl/N-ethyl adjacent to an activating group) is 1. The van der Waals surface area contributed by atoms with Crippen LogP contribution in [0.2, 0.25) is 0 Å². The molecule has 1 aliphatic rings. The third kappa shape index (κ3) is 8.65. The normalized spacial score (nSPS) is 13.9. The molecule has 9 nitrogen and oxygen atoms in total. The van der Waals surface area contributed by atoms with Crippen LogP contribution in [0.15, 0.2) is 73.3 Å². The van der Waals surface area contributed by atoms with E-state index in [1.807, 2.05) is 64.9 Å². The molecule has 0 aliphatic carbocycles. The number of ketones is 1. The molecule has 2 aromatic carbocycles. The Bertz CT molecular complexity index is 1970. The number of pyridine rings is 1. The van der Waals surface area contributed by atoms with Crippen molar-refractivity contribution in [2.75, 3.05) is 58.7 Å². The minimum Gasteiger partial charge on any atom is -0.350 e. The number of anilines is 2. The predicted octanol–water partition coefficient (Wildman–Crippen LogP) is 5.81. The van der Waals surface area contributed by atoms with Crippen molar-refractivity contribution in [3.8, 4) is 11.8 Å². The summed E-state index contributed by atoms with van der Waals surface area (Å²) in [6, 6.07) is 16.3. The summed E-state index contributed by atoms with van der Waals surface area (Å²) in [5.41, 5.74) is 9.53. The highest BCUT2D eigenvalue weighted by Gasteiger charge is 2.17. The maximum atomic E-state index is 13.4. The number of aromatic nitrogens is 4. The first-order chi connectivity index (χ1) is 23.7. The van der Waals surface area contributed by atoms with E-state index in [9.17, 15) is 4.79 Å². The Morgan fingerprint density at radius 2 is 1.78 bits per heavy atom. The largest absolute Gasteiger partial charge is 0.350 e. The molecule has 254 valence electrons. The molecule has 6 rings (SSSR count). The van der Waals surface area contributed by atoms with Crippen molar-refractivity contribution in [3.05, 3.63) is 112 Å². The molecule has 5 aromatic rings. The van der Waals surface area contributed by atoms with Crippen molar-refractivity contribution in [1.82, 2.24) is 33.9 Å². The van der Waals surface area contributed by atoms with Crippen molar-refractivity contribution in [3.63, 3.8) is 0 Å². The smallest absolute Gasteiger partial charge is 0.167 e. The van der Waals surface area contributed by atoms with Crippen LogP contribution in [0.5, 0.6) is 0 Å². The first kappa shape index (κ1) is 34.1. The van der Waals surface area contributed by atoms with Crippen LogP contribution in [0.1, 0.15) is 57.2 Å². The molecule has 9 heteroatoms. The third-order valence-corrected chi connectivity index (χ3v) is 9.40. The first-order valence-corrected chi connectivity index (χ1v) is 17.3. The molecule has 3 aromatic heterocycles. The molecule has 0 spiro atoms. The Hall–Kier alpha value is -4.75. The molecule has 0 unspecified atom stereocenters. The van der Waals surface area contributed by atoms with E-state index in [0.29, 0.717) is 12.0 Å². The highest BCUT2D eigenvalue weighted by molar-refractivity contribution is 5.98. The lowest BCUT2D eigenvalue weighted by Gasteiger charge is -2.34. The number of benzene rings is 2. The molecular formula is C40H48N8O. The Morgan fingerprint density at radius 3 is 2.55 bits per heavy atom. The standard InChI is InChI=1S/C40H48N8O/c1-6-45-19-21-46(22-20-45)28-35-13-11-32(23-31(35)3)24-39(49)34-12-10-30(2)33(25-34)14-15-37-27-41-40-38(9-7-18-48(37)40)43-36-26-42-47(29-36)17-8-16-44(4)5/h7,9-13,18,23,25-27,29,43H,6,8,16-17,19-22,24,28H2,1-5H3. The minimum absolute atomic E-state index is 0.0948. The summed E-state index contributed by atoms with van der Waals surface area (Å²) in [6.45, 7) is 14.9. The van der Waals surface area contributed by atoms with Gasteiger partial charge >= 0.3 is 0 Å². The van der Waals surface area contributed by atoms with Crippen LogP contribution >= 0.6 is 0 Å². The topological polar surface area (TPSA) is 73.9 Å². The molecule has 0 saturated carbocycles. The number of nitrogens with zero attached hydrogens (tertiary/aromatic N) is 7. The molecule has 1 saturated heterocycles. The Labute approximate surface area is 290 Å². The van der Waals surface area contributed by atoms with Gasteiger partial charge in [-0.15, -0.1) is 0 Å². The van der Waals surface area contributed by atoms with Crippen LogP contribution in [0.25, 0.3) is 5.65 Å².